The third-order valence-electron chi connectivity index (χ3n) is 2.51. The van der Waals surface area contributed by atoms with Gasteiger partial charge in [0, 0.05) is 6.54 Å². The van der Waals surface area contributed by atoms with Crippen LogP contribution >= 0.6 is 0 Å². The van der Waals surface area contributed by atoms with Crippen LogP contribution in [-0.4, -0.2) is 35.0 Å². The normalized spacial score (nSPS) is 22.9. The summed E-state index contributed by atoms with van der Waals surface area (Å²) in [6.45, 7) is 2.83. The highest BCUT2D eigenvalue weighted by Gasteiger charge is 2.49. The van der Waals surface area contributed by atoms with Crippen molar-refractivity contribution in [3.05, 3.63) is 0 Å². The Balaban J connectivity index is 2.51. The second-order valence-corrected chi connectivity index (χ2v) is 3.75. The van der Waals surface area contributed by atoms with Crippen molar-refractivity contribution in [3.8, 4) is 12.3 Å². The monoisotopic (exact) mass is 209 g/mol. The van der Waals surface area contributed by atoms with Crippen LogP contribution in [0.4, 0.5) is 0 Å². The van der Waals surface area contributed by atoms with E-state index in [1.165, 1.54) is 0 Å². The molecule has 0 aromatic rings. The summed E-state index contributed by atoms with van der Waals surface area (Å²) >= 11 is 0. The number of carboxylic acids is 1. The number of hydrogen-bond acceptors (Lipinski definition) is 2. The third kappa shape index (κ3) is 2.72. The Bertz CT molecular complexity index is 305. The lowest BCUT2D eigenvalue weighted by atomic mass is 10.2. The van der Waals surface area contributed by atoms with E-state index in [0.717, 1.165) is 6.42 Å². The van der Waals surface area contributed by atoms with Crippen LogP contribution in [0.3, 0.4) is 0 Å². The maximum absolute atomic E-state index is 11.8. The highest BCUT2D eigenvalue weighted by atomic mass is 16.4. The number of rotatable bonds is 5. The van der Waals surface area contributed by atoms with Crippen molar-refractivity contribution in [3.63, 3.8) is 0 Å². The Labute approximate surface area is 89.3 Å². The minimum atomic E-state index is -0.884. The molecule has 1 N–H and O–H groups in total. The van der Waals surface area contributed by atoms with Crippen LogP contribution in [0.25, 0.3) is 0 Å². The average molecular weight is 209 g/mol. The van der Waals surface area contributed by atoms with Crippen molar-refractivity contribution >= 4 is 11.9 Å². The van der Waals surface area contributed by atoms with Gasteiger partial charge < -0.3 is 10.0 Å². The van der Waals surface area contributed by atoms with E-state index in [-0.39, 0.29) is 18.4 Å². The number of carbonyl (C=O) groups is 2. The minimum Gasteiger partial charge on any atom is -0.481 e. The summed E-state index contributed by atoms with van der Waals surface area (Å²) in [7, 11) is 0. The van der Waals surface area contributed by atoms with Gasteiger partial charge in [-0.3, -0.25) is 9.59 Å². The van der Waals surface area contributed by atoms with Gasteiger partial charge in [0.25, 0.3) is 0 Å². The van der Waals surface area contributed by atoms with Crippen LogP contribution < -0.4 is 0 Å². The van der Waals surface area contributed by atoms with E-state index in [1.807, 2.05) is 6.92 Å². The molecule has 1 saturated carbocycles. The number of aliphatic carboxylic acids is 1. The molecule has 1 aliphatic carbocycles. The van der Waals surface area contributed by atoms with Gasteiger partial charge in [-0.05, 0) is 12.8 Å². The van der Waals surface area contributed by atoms with Gasteiger partial charge in [0.05, 0.1) is 18.4 Å². The van der Waals surface area contributed by atoms with Crippen molar-refractivity contribution in [2.75, 3.05) is 13.1 Å². The van der Waals surface area contributed by atoms with Crippen molar-refractivity contribution < 1.29 is 14.7 Å². The van der Waals surface area contributed by atoms with Crippen LogP contribution in [0, 0.1) is 24.2 Å². The molecule has 0 bridgehead atoms. The van der Waals surface area contributed by atoms with Crippen LogP contribution in [0.15, 0.2) is 0 Å². The van der Waals surface area contributed by atoms with Gasteiger partial charge in [0.15, 0.2) is 0 Å². The zero-order chi connectivity index (χ0) is 11.4. The Kier molecular flexibility index (Phi) is 3.73. The minimum absolute atomic E-state index is 0.109. The molecule has 1 aliphatic rings. The van der Waals surface area contributed by atoms with Crippen LogP contribution in [0.5, 0.6) is 0 Å². The summed E-state index contributed by atoms with van der Waals surface area (Å²) in [5.41, 5.74) is 0. The summed E-state index contributed by atoms with van der Waals surface area (Å²) in [5, 5.41) is 8.70. The first-order chi connectivity index (χ1) is 7.11. The van der Waals surface area contributed by atoms with Crippen molar-refractivity contribution in [2.24, 2.45) is 11.8 Å². The summed E-state index contributed by atoms with van der Waals surface area (Å²) in [6.07, 6.45) is 6.44. The molecule has 15 heavy (non-hydrogen) atoms. The lowest BCUT2D eigenvalue weighted by molar-refractivity contribution is -0.141. The SMILES string of the molecule is C#CCN(CCC)C(=O)[C@@H]1C[C@@H]1C(=O)O. The molecule has 4 heteroatoms. The van der Waals surface area contributed by atoms with Crippen LogP contribution in [-0.2, 0) is 9.59 Å². The Morgan fingerprint density at radius 1 is 1.53 bits per heavy atom. The largest absolute Gasteiger partial charge is 0.481 e. The first-order valence-corrected chi connectivity index (χ1v) is 5.06. The summed E-state index contributed by atoms with van der Waals surface area (Å²) in [5.74, 6) is 0.589. The van der Waals surface area contributed by atoms with Crippen LogP contribution in [0.2, 0.25) is 0 Å². The molecular weight excluding hydrogens is 194 g/mol. The standard InChI is InChI=1S/C11H15NO3/c1-3-5-12(6-4-2)10(13)8-7-9(8)11(14)15/h1,8-9H,4-7H2,2H3,(H,14,15)/t8-,9+/m1/s1. The third-order valence-corrected chi connectivity index (χ3v) is 2.51. The first-order valence-electron chi connectivity index (χ1n) is 5.06. The number of carbonyl (C=O) groups excluding carboxylic acids is 1. The molecule has 1 rings (SSSR count). The number of carboxylic acid groups (broad SMARTS) is 1. The van der Waals surface area contributed by atoms with E-state index >= 15 is 0 Å². The van der Waals surface area contributed by atoms with E-state index in [0.29, 0.717) is 13.0 Å². The number of amides is 1. The molecule has 0 spiro atoms. The fourth-order valence-corrected chi connectivity index (χ4v) is 1.62. The quantitative estimate of drug-likeness (QED) is 0.674. The lowest BCUT2D eigenvalue weighted by Gasteiger charge is -2.19. The van der Waals surface area contributed by atoms with Crippen LogP contribution in [0.1, 0.15) is 19.8 Å². The molecule has 0 aromatic heterocycles. The molecule has 0 saturated heterocycles. The molecule has 82 valence electrons. The molecule has 0 heterocycles. The fraction of sp³-hybridized carbons (Fsp3) is 0.636. The van der Waals surface area contributed by atoms with E-state index in [4.69, 9.17) is 11.5 Å². The summed E-state index contributed by atoms with van der Waals surface area (Å²) in [4.78, 5) is 23.9. The van der Waals surface area contributed by atoms with Gasteiger partial charge in [-0.1, -0.05) is 12.8 Å². The highest BCUT2D eigenvalue weighted by Crippen LogP contribution is 2.40. The number of terminal acetylenes is 1. The molecule has 1 fully saturated rings. The maximum Gasteiger partial charge on any atom is 0.307 e. The maximum atomic E-state index is 11.8. The van der Waals surface area contributed by atoms with E-state index in [9.17, 15) is 9.59 Å². The summed E-state index contributed by atoms with van der Waals surface area (Å²) < 4.78 is 0. The fourth-order valence-electron chi connectivity index (χ4n) is 1.62. The molecule has 0 unspecified atom stereocenters. The Hall–Kier alpha value is -1.50. The molecule has 4 nitrogen and oxygen atoms in total. The Morgan fingerprint density at radius 3 is 2.60 bits per heavy atom. The van der Waals surface area contributed by atoms with E-state index in [1.54, 1.807) is 4.90 Å². The number of hydrogen-bond donors (Lipinski definition) is 1. The zero-order valence-electron chi connectivity index (χ0n) is 8.77. The molecule has 0 aromatic carbocycles. The first kappa shape index (κ1) is 11.6. The van der Waals surface area contributed by atoms with Gasteiger partial charge in [-0.2, -0.15) is 0 Å². The van der Waals surface area contributed by atoms with Gasteiger partial charge in [-0.15, -0.1) is 6.42 Å². The predicted molar refractivity (Wildman–Crippen MR) is 54.9 cm³/mol. The second kappa shape index (κ2) is 4.83. The van der Waals surface area contributed by atoms with Crippen molar-refractivity contribution in [1.29, 1.82) is 0 Å². The molecule has 0 radical (unpaired) electrons. The van der Waals surface area contributed by atoms with E-state index in [2.05, 4.69) is 5.92 Å². The Morgan fingerprint density at radius 2 is 2.20 bits per heavy atom. The van der Waals surface area contributed by atoms with E-state index < -0.39 is 11.9 Å². The average Bonchev–Trinajstić information content (AvgIpc) is 2.96. The molecule has 2 atom stereocenters. The van der Waals surface area contributed by atoms with Gasteiger partial charge in [0.2, 0.25) is 5.91 Å². The highest BCUT2D eigenvalue weighted by molar-refractivity contribution is 5.89. The van der Waals surface area contributed by atoms with Crippen molar-refractivity contribution in [2.45, 2.75) is 19.8 Å². The van der Waals surface area contributed by atoms with Gasteiger partial charge >= 0.3 is 5.97 Å². The van der Waals surface area contributed by atoms with Crippen molar-refractivity contribution in [1.82, 2.24) is 4.90 Å². The second-order valence-electron chi connectivity index (χ2n) is 3.75. The van der Waals surface area contributed by atoms with Gasteiger partial charge in [0.1, 0.15) is 0 Å². The molecule has 1 amide bonds. The molecule has 0 aliphatic heterocycles. The molecular formula is C11H15NO3. The van der Waals surface area contributed by atoms with Gasteiger partial charge in [-0.25, -0.2) is 0 Å². The summed E-state index contributed by atoms with van der Waals surface area (Å²) in [6, 6.07) is 0. The lowest BCUT2D eigenvalue weighted by Crippen LogP contribution is -2.34. The predicted octanol–water partition coefficient (Wildman–Crippen LogP) is 0.579. The smallest absolute Gasteiger partial charge is 0.307 e. The zero-order valence-corrected chi connectivity index (χ0v) is 8.77. The topological polar surface area (TPSA) is 57.6 Å². The number of nitrogens with zero attached hydrogens (tertiary/aromatic N) is 1.